The molecule has 1 saturated carbocycles. The van der Waals surface area contributed by atoms with E-state index < -0.39 is 0 Å². The summed E-state index contributed by atoms with van der Waals surface area (Å²) in [5, 5.41) is 0.786. The van der Waals surface area contributed by atoms with Crippen LogP contribution in [0.4, 0.5) is 0 Å². The second-order valence-corrected chi connectivity index (χ2v) is 6.49. The summed E-state index contributed by atoms with van der Waals surface area (Å²) in [6.07, 6.45) is 9.12. The lowest BCUT2D eigenvalue weighted by Gasteiger charge is -2.25. The van der Waals surface area contributed by atoms with Gasteiger partial charge in [0.15, 0.2) is 0 Å². The predicted octanol–water partition coefficient (Wildman–Crippen LogP) is 4.08. The van der Waals surface area contributed by atoms with Crippen molar-refractivity contribution in [2.24, 2.45) is 5.92 Å². The number of hydrogen-bond acceptors (Lipinski definition) is 4. The van der Waals surface area contributed by atoms with Gasteiger partial charge < -0.3 is 4.74 Å². The molecule has 20 heavy (non-hydrogen) atoms. The Hall–Kier alpha value is -1.03. The second-order valence-electron chi connectivity index (χ2n) is 5.27. The zero-order valence-corrected chi connectivity index (χ0v) is 12.9. The molecule has 1 aromatic heterocycles. The third kappa shape index (κ3) is 4.82. The van der Waals surface area contributed by atoms with Gasteiger partial charge in [0.05, 0.1) is 11.6 Å². The summed E-state index contributed by atoms with van der Waals surface area (Å²) in [6, 6.07) is 5.81. The lowest BCUT2D eigenvalue weighted by Crippen LogP contribution is -2.24. The highest BCUT2D eigenvalue weighted by Gasteiger charge is 2.26. The van der Waals surface area contributed by atoms with Gasteiger partial charge in [-0.3, -0.25) is 4.79 Å². The summed E-state index contributed by atoms with van der Waals surface area (Å²) in [6.45, 7) is 2.31. The van der Waals surface area contributed by atoms with Crippen LogP contribution < -0.4 is 0 Å². The van der Waals surface area contributed by atoms with Crippen molar-refractivity contribution in [2.45, 2.75) is 55.7 Å². The van der Waals surface area contributed by atoms with E-state index in [1.54, 1.807) is 18.0 Å². The molecule has 1 fully saturated rings. The van der Waals surface area contributed by atoms with Gasteiger partial charge in [-0.2, -0.15) is 0 Å². The van der Waals surface area contributed by atoms with E-state index in [1.165, 1.54) is 32.1 Å². The Morgan fingerprint density at radius 1 is 1.40 bits per heavy atom. The van der Waals surface area contributed by atoms with Gasteiger partial charge in [-0.25, -0.2) is 4.98 Å². The predicted molar refractivity (Wildman–Crippen MR) is 81.7 cm³/mol. The first-order valence-corrected chi connectivity index (χ1v) is 8.42. The van der Waals surface area contributed by atoms with Gasteiger partial charge in [0, 0.05) is 6.20 Å². The summed E-state index contributed by atoms with van der Waals surface area (Å²) < 4.78 is 5.23. The average molecular weight is 293 g/mol. The highest BCUT2D eigenvalue weighted by atomic mass is 32.2. The Kier molecular flexibility index (Phi) is 6.37. The molecule has 3 nitrogen and oxygen atoms in total. The minimum atomic E-state index is -0.118. The Bertz CT molecular complexity index is 404. The van der Waals surface area contributed by atoms with Crippen molar-refractivity contribution in [3.05, 3.63) is 24.4 Å². The summed E-state index contributed by atoms with van der Waals surface area (Å²) in [5.74, 6) is 0.572. The topological polar surface area (TPSA) is 39.2 Å². The number of ether oxygens (including phenoxy) is 1. The smallest absolute Gasteiger partial charge is 0.319 e. The van der Waals surface area contributed by atoms with E-state index in [2.05, 4.69) is 4.98 Å². The van der Waals surface area contributed by atoms with Crippen molar-refractivity contribution in [3.63, 3.8) is 0 Å². The van der Waals surface area contributed by atoms with Crippen LogP contribution in [-0.4, -0.2) is 22.8 Å². The monoisotopic (exact) mass is 293 g/mol. The van der Waals surface area contributed by atoms with E-state index in [-0.39, 0.29) is 11.2 Å². The molecule has 0 bridgehead atoms. The van der Waals surface area contributed by atoms with E-state index in [4.69, 9.17) is 4.74 Å². The van der Waals surface area contributed by atoms with Gasteiger partial charge in [0.1, 0.15) is 5.25 Å². The van der Waals surface area contributed by atoms with Crippen molar-refractivity contribution in [1.29, 1.82) is 0 Å². The van der Waals surface area contributed by atoms with Crippen LogP contribution in [0.15, 0.2) is 29.4 Å². The summed E-state index contributed by atoms with van der Waals surface area (Å²) >= 11 is 1.54. The maximum absolute atomic E-state index is 12.2. The minimum Gasteiger partial charge on any atom is -0.465 e. The summed E-state index contributed by atoms with van der Waals surface area (Å²) in [5.41, 5.74) is 0. The maximum Gasteiger partial charge on any atom is 0.319 e. The lowest BCUT2D eigenvalue weighted by atomic mass is 9.86. The number of hydrogen-bond donors (Lipinski definition) is 0. The van der Waals surface area contributed by atoms with Crippen molar-refractivity contribution < 1.29 is 9.53 Å². The van der Waals surface area contributed by atoms with Gasteiger partial charge in [-0.1, -0.05) is 49.9 Å². The SMILES string of the molecule is CCOC(=O)C(CC1CCCCC1)Sc1ccccn1. The van der Waals surface area contributed by atoms with E-state index in [9.17, 15) is 4.79 Å². The van der Waals surface area contributed by atoms with Crippen LogP contribution in [0.25, 0.3) is 0 Å². The first-order valence-electron chi connectivity index (χ1n) is 7.54. The number of pyridine rings is 1. The van der Waals surface area contributed by atoms with Crippen LogP contribution in [0, 0.1) is 5.92 Å². The number of thioether (sulfide) groups is 1. The maximum atomic E-state index is 12.2. The van der Waals surface area contributed by atoms with Crippen LogP contribution in [0.3, 0.4) is 0 Å². The molecule has 1 atom stereocenters. The molecule has 0 N–H and O–H groups in total. The van der Waals surface area contributed by atoms with E-state index in [0.29, 0.717) is 12.5 Å². The molecule has 4 heteroatoms. The Balaban J connectivity index is 1.98. The molecule has 0 spiro atoms. The fraction of sp³-hybridized carbons (Fsp3) is 0.625. The first kappa shape index (κ1) is 15.4. The van der Waals surface area contributed by atoms with E-state index >= 15 is 0 Å². The molecule has 1 aliphatic carbocycles. The van der Waals surface area contributed by atoms with Gasteiger partial charge in [-0.15, -0.1) is 0 Å². The van der Waals surface area contributed by atoms with Crippen molar-refractivity contribution in [1.82, 2.24) is 4.98 Å². The molecule has 0 aliphatic heterocycles. The molecule has 1 aromatic rings. The number of nitrogens with zero attached hydrogens (tertiary/aromatic N) is 1. The molecular weight excluding hydrogens is 270 g/mol. The number of aromatic nitrogens is 1. The van der Waals surface area contributed by atoms with Crippen molar-refractivity contribution >= 4 is 17.7 Å². The summed E-state index contributed by atoms with van der Waals surface area (Å²) in [7, 11) is 0. The third-order valence-corrected chi connectivity index (χ3v) is 4.87. The molecule has 1 unspecified atom stereocenters. The van der Waals surface area contributed by atoms with Crippen LogP contribution in [0.5, 0.6) is 0 Å². The number of esters is 1. The van der Waals surface area contributed by atoms with Gasteiger partial charge in [0.25, 0.3) is 0 Å². The lowest BCUT2D eigenvalue weighted by molar-refractivity contribution is -0.142. The third-order valence-electron chi connectivity index (χ3n) is 3.72. The van der Waals surface area contributed by atoms with Crippen LogP contribution in [-0.2, 0) is 9.53 Å². The quantitative estimate of drug-likeness (QED) is 0.585. The summed E-state index contributed by atoms with van der Waals surface area (Å²) in [4.78, 5) is 16.5. The molecule has 1 heterocycles. The zero-order valence-electron chi connectivity index (χ0n) is 12.1. The van der Waals surface area contributed by atoms with Crippen LogP contribution >= 0.6 is 11.8 Å². The fourth-order valence-corrected chi connectivity index (χ4v) is 3.82. The molecule has 0 aromatic carbocycles. The normalized spacial score (nSPS) is 17.6. The molecule has 0 saturated heterocycles. The average Bonchev–Trinajstić information content (AvgIpc) is 2.49. The number of rotatable bonds is 6. The molecule has 2 rings (SSSR count). The van der Waals surface area contributed by atoms with Crippen LogP contribution in [0.2, 0.25) is 0 Å². The van der Waals surface area contributed by atoms with Crippen molar-refractivity contribution in [3.8, 4) is 0 Å². The van der Waals surface area contributed by atoms with Gasteiger partial charge in [0.2, 0.25) is 0 Å². The minimum absolute atomic E-state index is 0.0891. The first-order chi connectivity index (χ1) is 9.79. The Morgan fingerprint density at radius 2 is 2.20 bits per heavy atom. The number of carbonyl (C=O) groups excluding carboxylic acids is 1. The number of carbonyl (C=O) groups is 1. The molecule has 0 amide bonds. The van der Waals surface area contributed by atoms with Gasteiger partial charge in [-0.05, 0) is 31.4 Å². The van der Waals surface area contributed by atoms with Gasteiger partial charge >= 0.3 is 5.97 Å². The molecule has 1 aliphatic rings. The standard InChI is InChI=1S/C16H23NO2S/c1-2-19-16(18)14(12-13-8-4-3-5-9-13)20-15-10-6-7-11-17-15/h6-7,10-11,13-14H,2-5,8-9,12H2,1H3. The fourth-order valence-electron chi connectivity index (χ4n) is 2.72. The van der Waals surface area contributed by atoms with Crippen molar-refractivity contribution in [2.75, 3.05) is 6.61 Å². The highest BCUT2D eigenvalue weighted by molar-refractivity contribution is 8.00. The van der Waals surface area contributed by atoms with E-state index in [0.717, 1.165) is 11.4 Å². The Labute approximate surface area is 125 Å². The van der Waals surface area contributed by atoms with E-state index in [1.807, 2.05) is 25.1 Å². The Morgan fingerprint density at radius 3 is 2.85 bits per heavy atom. The molecule has 0 radical (unpaired) electrons. The van der Waals surface area contributed by atoms with Crippen LogP contribution in [0.1, 0.15) is 45.4 Å². The molecular formula is C16H23NO2S. The second kappa shape index (κ2) is 8.30. The highest BCUT2D eigenvalue weighted by Crippen LogP contribution is 2.33. The zero-order chi connectivity index (χ0) is 14.2. The molecule has 110 valence electrons. The largest absolute Gasteiger partial charge is 0.465 e.